The minimum Gasteiger partial charge on any atom is -0.455 e. The molecule has 102 valence electrons. The van der Waals surface area contributed by atoms with Crippen LogP contribution in [-0.4, -0.2) is 11.6 Å². The number of carbonyl (C=O) groups excluding carboxylic acids is 1. The molecule has 1 saturated carbocycles. The minimum absolute atomic E-state index is 0.00633. The van der Waals surface area contributed by atoms with E-state index in [4.69, 9.17) is 4.74 Å². The molecule has 2 nitrogen and oxygen atoms in total. The maximum absolute atomic E-state index is 13.6. The highest BCUT2D eigenvalue weighted by molar-refractivity contribution is 5.90. The molecule has 2 aromatic carbocycles. The Labute approximate surface area is 117 Å². The molecule has 0 amide bonds. The zero-order chi connectivity index (χ0) is 14.0. The van der Waals surface area contributed by atoms with Crippen molar-refractivity contribution in [1.29, 1.82) is 0 Å². The van der Waals surface area contributed by atoms with E-state index >= 15 is 0 Å². The smallest absolute Gasteiger partial charge is 0.341 e. The fraction of sp³-hybridized carbons (Fsp3) is 0.235. The van der Waals surface area contributed by atoms with Crippen molar-refractivity contribution in [2.24, 2.45) is 0 Å². The summed E-state index contributed by atoms with van der Waals surface area (Å²) in [6.45, 7) is 0. The Morgan fingerprint density at radius 1 is 1.05 bits per heavy atom. The fourth-order valence-corrected chi connectivity index (χ4v) is 2.30. The quantitative estimate of drug-likeness (QED) is 0.791. The van der Waals surface area contributed by atoms with E-state index in [1.807, 2.05) is 30.3 Å². The van der Waals surface area contributed by atoms with Gasteiger partial charge in [0.2, 0.25) is 0 Å². The Balaban J connectivity index is 1.71. The first-order valence-electron chi connectivity index (χ1n) is 6.70. The summed E-state index contributed by atoms with van der Waals surface area (Å²) in [5.74, 6) is -1.11. The predicted molar refractivity (Wildman–Crippen MR) is 73.9 cm³/mol. The van der Waals surface area contributed by atoms with Crippen molar-refractivity contribution in [1.82, 2.24) is 0 Å². The number of hydrogen-bond acceptors (Lipinski definition) is 2. The molecule has 0 unspecified atom stereocenters. The minimum atomic E-state index is -0.573. The first kappa shape index (κ1) is 12.9. The molecule has 3 rings (SSSR count). The summed E-state index contributed by atoms with van der Waals surface area (Å²) in [6.07, 6.45) is 2.36. The molecule has 0 aromatic heterocycles. The van der Waals surface area contributed by atoms with Gasteiger partial charge < -0.3 is 4.74 Å². The normalized spacial score (nSPS) is 15.7. The number of carbonyl (C=O) groups is 1. The summed E-state index contributed by atoms with van der Waals surface area (Å²) in [4.78, 5) is 12.0. The zero-order valence-corrected chi connectivity index (χ0v) is 11.0. The van der Waals surface area contributed by atoms with Gasteiger partial charge in [0.15, 0.2) is 0 Å². The lowest BCUT2D eigenvalue weighted by molar-refractivity contribution is 0.0223. The highest BCUT2D eigenvalue weighted by atomic mass is 19.1. The molecule has 0 N–H and O–H groups in total. The number of benzene rings is 2. The van der Waals surface area contributed by atoms with Gasteiger partial charge >= 0.3 is 5.97 Å². The van der Waals surface area contributed by atoms with Gasteiger partial charge in [0, 0.05) is 6.42 Å². The van der Waals surface area contributed by atoms with Crippen LogP contribution in [0.4, 0.5) is 4.39 Å². The van der Waals surface area contributed by atoms with Gasteiger partial charge in [0.25, 0.3) is 0 Å². The number of ether oxygens (including phenoxy) is 1. The third-order valence-electron chi connectivity index (χ3n) is 3.58. The topological polar surface area (TPSA) is 26.3 Å². The summed E-state index contributed by atoms with van der Waals surface area (Å²) >= 11 is 0. The molecule has 0 radical (unpaired) electrons. The Kier molecular flexibility index (Phi) is 3.26. The number of rotatable bonds is 4. The lowest BCUT2D eigenvalue weighted by atomic mass is 10.1. The van der Waals surface area contributed by atoms with Crippen LogP contribution in [0.25, 0.3) is 0 Å². The molecule has 3 heteroatoms. The second kappa shape index (κ2) is 5.08. The van der Waals surface area contributed by atoms with Gasteiger partial charge in [-0.05, 0) is 30.5 Å². The van der Waals surface area contributed by atoms with Crippen LogP contribution >= 0.6 is 0 Å². The van der Waals surface area contributed by atoms with Gasteiger partial charge in [-0.3, -0.25) is 0 Å². The van der Waals surface area contributed by atoms with Gasteiger partial charge in [-0.1, -0.05) is 42.5 Å². The van der Waals surface area contributed by atoms with E-state index in [-0.39, 0.29) is 5.56 Å². The summed E-state index contributed by atoms with van der Waals surface area (Å²) in [7, 11) is 0. The van der Waals surface area contributed by atoms with Gasteiger partial charge in [-0.2, -0.15) is 0 Å². The lowest BCUT2D eigenvalue weighted by Crippen LogP contribution is -2.23. The molecule has 0 atom stereocenters. The van der Waals surface area contributed by atoms with E-state index in [0.717, 1.165) is 18.4 Å². The molecule has 20 heavy (non-hydrogen) atoms. The molecule has 2 aromatic rings. The van der Waals surface area contributed by atoms with E-state index in [9.17, 15) is 9.18 Å². The molecule has 0 saturated heterocycles. The van der Waals surface area contributed by atoms with Gasteiger partial charge in [0.1, 0.15) is 11.4 Å². The van der Waals surface area contributed by atoms with Crippen LogP contribution in [0.1, 0.15) is 28.8 Å². The van der Waals surface area contributed by atoms with E-state index in [2.05, 4.69) is 0 Å². The average Bonchev–Trinajstić information content (AvgIpc) is 3.19. The van der Waals surface area contributed by atoms with E-state index in [1.54, 1.807) is 12.1 Å². The Hall–Kier alpha value is -2.16. The Morgan fingerprint density at radius 2 is 1.70 bits per heavy atom. The molecule has 1 fully saturated rings. The highest BCUT2D eigenvalue weighted by Crippen LogP contribution is 2.43. The molecular weight excluding hydrogens is 255 g/mol. The van der Waals surface area contributed by atoms with Crippen molar-refractivity contribution in [2.75, 3.05) is 0 Å². The molecule has 1 aliphatic carbocycles. The zero-order valence-electron chi connectivity index (χ0n) is 11.0. The van der Waals surface area contributed by atoms with Crippen LogP contribution in [0.5, 0.6) is 0 Å². The van der Waals surface area contributed by atoms with Crippen molar-refractivity contribution in [3.8, 4) is 0 Å². The van der Waals surface area contributed by atoms with Crippen LogP contribution < -0.4 is 0 Å². The predicted octanol–water partition coefficient (Wildman–Crippen LogP) is 3.76. The van der Waals surface area contributed by atoms with Crippen molar-refractivity contribution in [2.45, 2.75) is 24.9 Å². The van der Waals surface area contributed by atoms with Crippen LogP contribution in [0.15, 0.2) is 54.6 Å². The third kappa shape index (κ3) is 2.72. The highest BCUT2D eigenvalue weighted by Gasteiger charge is 2.47. The number of esters is 1. The lowest BCUT2D eigenvalue weighted by Gasteiger charge is -2.17. The maximum Gasteiger partial charge on any atom is 0.341 e. The fourth-order valence-electron chi connectivity index (χ4n) is 2.30. The van der Waals surface area contributed by atoms with Crippen molar-refractivity contribution < 1.29 is 13.9 Å². The van der Waals surface area contributed by atoms with Crippen molar-refractivity contribution >= 4 is 5.97 Å². The summed E-state index contributed by atoms with van der Waals surface area (Å²) in [5, 5.41) is 0. The van der Waals surface area contributed by atoms with Crippen LogP contribution in [-0.2, 0) is 11.2 Å². The van der Waals surface area contributed by atoms with Crippen LogP contribution in [0.3, 0.4) is 0 Å². The second-order valence-electron chi connectivity index (χ2n) is 5.21. The average molecular weight is 270 g/mol. The van der Waals surface area contributed by atoms with Gasteiger partial charge in [-0.25, -0.2) is 9.18 Å². The molecule has 0 spiro atoms. The summed E-state index contributed by atoms with van der Waals surface area (Å²) in [5.41, 5.74) is 0.693. The molecule has 0 aliphatic heterocycles. The van der Waals surface area contributed by atoms with E-state index in [0.29, 0.717) is 6.42 Å². The third-order valence-corrected chi connectivity index (χ3v) is 3.58. The summed E-state index contributed by atoms with van der Waals surface area (Å²) < 4.78 is 19.1. The standard InChI is InChI=1S/C17H15FO2/c18-15-9-5-4-8-14(15)16(19)20-17(10-11-17)12-13-6-2-1-3-7-13/h1-9H,10-12H2. The first-order chi connectivity index (χ1) is 9.69. The van der Waals surface area contributed by atoms with E-state index in [1.165, 1.54) is 12.1 Å². The van der Waals surface area contributed by atoms with Crippen molar-refractivity contribution in [3.63, 3.8) is 0 Å². The molecule has 0 heterocycles. The number of halogens is 1. The largest absolute Gasteiger partial charge is 0.455 e. The van der Waals surface area contributed by atoms with Crippen LogP contribution in [0, 0.1) is 5.82 Å². The maximum atomic E-state index is 13.6. The molecular formula is C17H15FO2. The van der Waals surface area contributed by atoms with Gasteiger partial charge in [-0.15, -0.1) is 0 Å². The first-order valence-corrected chi connectivity index (χ1v) is 6.70. The Morgan fingerprint density at radius 3 is 2.35 bits per heavy atom. The monoisotopic (exact) mass is 270 g/mol. The second-order valence-corrected chi connectivity index (χ2v) is 5.21. The van der Waals surface area contributed by atoms with Crippen LogP contribution in [0.2, 0.25) is 0 Å². The van der Waals surface area contributed by atoms with Gasteiger partial charge in [0.05, 0.1) is 5.56 Å². The number of hydrogen-bond donors (Lipinski definition) is 0. The Bertz CT molecular complexity index is 618. The summed E-state index contributed by atoms with van der Waals surface area (Å²) in [6, 6.07) is 15.8. The SMILES string of the molecule is O=C(OC1(Cc2ccccc2)CC1)c1ccccc1F. The van der Waals surface area contributed by atoms with Crippen molar-refractivity contribution in [3.05, 3.63) is 71.5 Å². The molecule has 1 aliphatic rings. The van der Waals surface area contributed by atoms with E-state index < -0.39 is 17.4 Å². The molecule has 0 bridgehead atoms.